The Labute approximate surface area is 230 Å². The number of aromatic nitrogens is 1. The first-order valence-electron chi connectivity index (χ1n) is 12.0. The molecule has 0 radical (unpaired) electrons. The summed E-state index contributed by atoms with van der Waals surface area (Å²) in [5.41, 5.74) is 6.44. The van der Waals surface area contributed by atoms with Gasteiger partial charge < -0.3 is 14.8 Å². The van der Waals surface area contributed by atoms with Crippen LogP contribution >= 0.6 is 24.8 Å². The van der Waals surface area contributed by atoms with E-state index in [0.29, 0.717) is 12.1 Å². The molecule has 2 aliphatic heterocycles. The Kier molecular flexibility index (Phi) is 8.25. The third-order valence-corrected chi connectivity index (χ3v) is 6.50. The second kappa shape index (κ2) is 10.7. The van der Waals surface area contributed by atoms with Gasteiger partial charge in [0.05, 0.1) is 18.4 Å². The van der Waals surface area contributed by atoms with Crippen LogP contribution in [0.3, 0.4) is 0 Å². The van der Waals surface area contributed by atoms with E-state index in [2.05, 4.69) is 44.1 Å². The van der Waals surface area contributed by atoms with Crippen molar-refractivity contribution in [2.24, 2.45) is 4.99 Å². The Morgan fingerprint density at radius 2 is 1.81 bits per heavy atom. The zero-order valence-electron chi connectivity index (χ0n) is 21.8. The SMILES string of the molecule is COc1cc2c(c3c1OC(C)(C)C3)C(c1ccc(C(=O)NCc3cccnc3)cc1)=NC(C)(C)C2.Cl.Cl. The maximum atomic E-state index is 12.7. The highest BCUT2D eigenvalue weighted by atomic mass is 35.5. The van der Waals surface area contributed by atoms with E-state index in [1.807, 2.05) is 36.4 Å². The summed E-state index contributed by atoms with van der Waals surface area (Å²) in [5, 5.41) is 2.96. The maximum Gasteiger partial charge on any atom is 0.251 e. The van der Waals surface area contributed by atoms with E-state index in [4.69, 9.17) is 14.5 Å². The van der Waals surface area contributed by atoms with Gasteiger partial charge in [0.15, 0.2) is 11.5 Å². The van der Waals surface area contributed by atoms with Gasteiger partial charge in [0.1, 0.15) is 5.60 Å². The first kappa shape index (κ1) is 28.5. The molecule has 1 aromatic heterocycles. The number of hydrogen-bond acceptors (Lipinski definition) is 5. The Morgan fingerprint density at radius 3 is 2.46 bits per heavy atom. The molecule has 0 saturated carbocycles. The zero-order valence-corrected chi connectivity index (χ0v) is 23.4. The monoisotopic (exact) mass is 541 g/mol. The number of benzene rings is 2. The number of methoxy groups -OCH3 is 1. The van der Waals surface area contributed by atoms with Crippen LogP contribution in [0.1, 0.15) is 65.9 Å². The molecule has 2 aromatic carbocycles. The van der Waals surface area contributed by atoms with Crippen molar-refractivity contribution in [2.75, 3.05) is 7.11 Å². The number of rotatable bonds is 5. The van der Waals surface area contributed by atoms with E-state index in [9.17, 15) is 4.79 Å². The number of amides is 1. The third-order valence-electron chi connectivity index (χ3n) is 6.50. The highest BCUT2D eigenvalue weighted by molar-refractivity contribution is 6.16. The lowest BCUT2D eigenvalue weighted by molar-refractivity contribution is 0.0951. The predicted molar refractivity (Wildman–Crippen MR) is 151 cm³/mol. The van der Waals surface area contributed by atoms with E-state index >= 15 is 0 Å². The van der Waals surface area contributed by atoms with Crippen molar-refractivity contribution in [2.45, 2.75) is 58.2 Å². The first-order chi connectivity index (χ1) is 16.7. The number of fused-ring (bicyclic) bond motifs is 3. The number of ether oxygens (including phenoxy) is 2. The Bertz CT molecular complexity index is 1320. The van der Waals surface area contributed by atoms with Crippen molar-refractivity contribution in [1.29, 1.82) is 0 Å². The fourth-order valence-electron chi connectivity index (χ4n) is 5.00. The van der Waals surface area contributed by atoms with Gasteiger partial charge in [-0.3, -0.25) is 14.8 Å². The second-order valence-electron chi connectivity index (χ2n) is 10.5. The van der Waals surface area contributed by atoms with Crippen LogP contribution < -0.4 is 14.8 Å². The molecule has 1 N–H and O–H groups in total. The molecular weight excluding hydrogens is 509 g/mol. The fraction of sp³-hybridized carbons (Fsp3) is 0.345. The van der Waals surface area contributed by atoms with Crippen molar-refractivity contribution < 1.29 is 14.3 Å². The van der Waals surface area contributed by atoms with E-state index < -0.39 is 0 Å². The van der Waals surface area contributed by atoms with Crippen molar-refractivity contribution >= 4 is 36.4 Å². The molecule has 3 heterocycles. The summed E-state index contributed by atoms with van der Waals surface area (Å²) in [6.45, 7) is 8.93. The largest absolute Gasteiger partial charge is 0.493 e. The molecule has 6 nitrogen and oxygen atoms in total. The summed E-state index contributed by atoms with van der Waals surface area (Å²) in [7, 11) is 1.69. The summed E-state index contributed by atoms with van der Waals surface area (Å²) in [5.74, 6) is 1.48. The number of nitrogens with zero attached hydrogens (tertiary/aromatic N) is 2. The molecule has 0 unspecified atom stereocenters. The van der Waals surface area contributed by atoms with E-state index in [1.165, 1.54) is 5.56 Å². The molecule has 1 amide bonds. The van der Waals surface area contributed by atoms with Gasteiger partial charge in [0, 0.05) is 47.6 Å². The van der Waals surface area contributed by atoms with Crippen LogP contribution in [0.5, 0.6) is 11.5 Å². The fourth-order valence-corrected chi connectivity index (χ4v) is 5.00. The summed E-state index contributed by atoms with van der Waals surface area (Å²) in [6, 6.07) is 13.6. The van der Waals surface area contributed by atoms with E-state index in [1.54, 1.807) is 19.5 Å². The van der Waals surface area contributed by atoms with Gasteiger partial charge in [-0.05, 0) is 69.5 Å². The molecule has 8 heteroatoms. The van der Waals surface area contributed by atoms with Gasteiger partial charge in [0.25, 0.3) is 5.91 Å². The van der Waals surface area contributed by atoms with Gasteiger partial charge in [-0.1, -0.05) is 18.2 Å². The summed E-state index contributed by atoms with van der Waals surface area (Å²) >= 11 is 0. The lowest BCUT2D eigenvalue weighted by Crippen LogP contribution is -2.30. The molecule has 2 aliphatic rings. The molecule has 3 aromatic rings. The van der Waals surface area contributed by atoms with Crippen LogP contribution in [-0.4, -0.2) is 34.9 Å². The molecule has 196 valence electrons. The number of hydrogen-bond donors (Lipinski definition) is 1. The summed E-state index contributed by atoms with van der Waals surface area (Å²) < 4.78 is 12.0. The van der Waals surface area contributed by atoms with Gasteiger partial charge >= 0.3 is 0 Å². The smallest absolute Gasteiger partial charge is 0.251 e. The molecule has 5 rings (SSSR count). The molecule has 0 aliphatic carbocycles. The predicted octanol–water partition coefficient (Wildman–Crippen LogP) is 5.75. The topological polar surface area (TPSA) is 72.8 Å². The first-order valence-corrected chi connectivity index (χ1v) is 12.0. The molecular formula is C29H33Cl2N3O3. The van der Waals surface area contributed by atoms with E-state index in [0.717, 1.165) is 52.3 Å². The normalized spacial score (nSPS) is 16.1. The van der Waals surface area contributed by atoms with Crippen LogP contribution in [0.25, 0.3) is 0 Å². The lowest BCUT2D eigenvalue weighted by Gasteiger charge is -2.31. The quantitative estimate of drug-likeness (QED) is 0.446. The van der Waals surface area contributed by atoms with Crippen molar-refractivity contribution in [3.63, 3.8) is 0 Å². The summed E-state index contributed by atoms with van der Waals surface area (Å²) in [6.07, 6.45) is 5.08. The van der Waals surface area contributed by atoms with Crippen LogP contribution in [0.2, 0.25) is 0 Å². The number of pyridine rings is 1. The standard InChI is InChI=1S/C29H31N3O3.2ClH/c1-28(2)14-21-13-23(34-5)26-22(15-29(3,4)35-26)24(21)25(32-28)19-8-10-20(11-9-19)27(33)31-17-18-7-6-12-30-16-18;;/h6-13,16H,14-15,17H2,1-5H3,(H,31,33);2*1H. The van der Waals surface area contributed by atoms with Gasteiger partial charge in [-0.2, -0.15) is 0 Å². The Balaban J connectivity index is 0.00000190. The van der Waals surface area contributed by atoms with Gasteiger partial charge in [0.2, 0.25) is 0 Å². The maximum absolute atomic E-state index is 12.7. The van der Waals surface area contributed by atoms with Crippen molar-refractivity contribution in [3.8, 4) is 11.5 Å². The third kappa shape index (κ3) is 5.76. The number of carbonyl (C=O) groups excluding carboxylic acids is 1. The van der Waals surface area contributed by atoms with E-state index in [-0.39, 0.29) is 41.9 Å². The molecule has 0 saturated heterocycles. The van der Waals surface area contributed by atoms with Gasteiger partial charge in [-0.25, -0.2) is 0 Å². The molecule has 37 heavy (non-hydrogen) atoms. The second-order valence-corrected chi connectivity index (χ2v) is 10.5. The average Bonchev–Trinajstić information content (AvgIpc) is 3.16. The summed E-state index contributed by atoms with van der Waals surface area (Å²) in [4.78, 5) is 22.0. The highest BCUT2D eigenvalue weighted by Crippen LogP contribution is 2.47. The molecule has 0 fully saturated rings. The minimum absolute atomic E-state index is 0. The van der Waals surface area contributed by atoms with Crippen molar-refractivity contribution in [3.05, 3.63) is 88.2 Å². The molecule has 0 atom stereocenters. The number of aliphatic imine (C=N–C) groups is 1. The van der Waals surface area contributed by atoms with Crippen molar-refractivity contribution in [1.82, 2.24) is 10.3 Å². The molecule has 0 bridgehead atoms. The number of halogens is 2. The van der Waals surface area contributed by atoms with Crippen LogP contribution in [0.15, 0.2) is 59.9 Å². The van der Waals surface area contributed by atoms with Gasteiger partial charge in [-0.15, -0.1) is 24.8 Å². The molecule has 0 spiro atoms. The minimum Gasteiger partial charge on any atom is -0.493 e. The lowest BCUT2D eigenvalue weighted by atomic mass is 9.81. The number of nitrogens with one attached hydrogen (secondary N) is 1. The van der Waals surface area contributed by atoms with Crippen LogP contribution in [0.4, 0.5) is 0 Å². The van der Waals surface area contributed by atoms with Crippen LogP contribution in [0, 0.1) is 0 Å². The Morgan fingerprint density at radius 1 is 1.08 bits per heavy atom. The Hall–Kier alpha value is -3.09. The van der Waals surface area contributed by atoms with Crippen LogP contribution in [-0.2, 0) is 19.4 Å². The minimum atomic E-state index is -0.307. The highest BCUT2D eigenvalue weighted by Gasteiger charge is 2.39. The average molecular weight is 543 g/mol. The zero-order chi connectivity index (χ0) is 24.8. The number of carbonyl (C=O) groups is 1.